The number of rotatable bonds is 7. The van der Waals surface area contributed by atoms with Crippen LogP contribution < -0.4 is 14.8 Å². The van der Waals surface area contributed by atoms with Gasteiger partial charge in [-0.3, -0.25) is 14.5 Å². The zero-order chi connectivity index (χ0) is 22.0. The number of carbonyl (C=O) groups is 2. The molecule has 6 heteroatoms. The topological polar surface area (TPSA) is 67.9 Å². The number of anilines is 1. The summed E-state index contributed by atoms with van der Waals surface area (Å²) >= 11 is 0. The van der Waals surface area contributed by atoms with E-state index in [1.807, 2.05) is 45.9 Å². The zero-order valence-corrected chi connectivity index (χ0v) is 18.3. The van der Waals surface area contributed by atoms with E-state index in [4.69, 9.17) is 9.47 Å². The summed E-state index contributed by atoms with van der Waals surface area (Å²) < 4.78 is 10.6. The summed E-state index contributed by atoms with van der Waals surface area (Å²) in [5, 5.41) is 3.17. The molecular formula is C24H28N2O4. The van der Waals surface area contributed by atoms with E-state index in [0.717, 1.165) is 16.7 Å². The predicted octanol–water partition coefficient (Wildman–Crippen LogP) is 4.17. The molecule has 2 amide bonds. The summed E-state index contributed by atoms with van der Waals surface area (Å²) in [5.74, 6) is 0.689. The van der Waals surface area contributed by atoms with E-state index in [0.29, 0.717) is 29.3 Å². The molecule has 0 radical (unpaired) electrons. The van der Waals surface area contributed by atoms with Crippen molar-refractivity contribution in [2.45, 2.75) is 27.7 Å². The maximum absolute atomic E-state index is 13.3. The Morgan fingerprint density at radius 3 is 2.23 bits per heavy atom. The number of methoxy groups -OCH3 is 2. The third kappa shape index (κ3) is 4.03. The van der Waals surface area contributed by atoms with E-state index in [2.05, 4.69) is 5.32 Å². The van der Waals surface area contributed by atoms with Crippen molar-refractivity contribution in [2.75, 3.05) is 26.1 Å². The molecule has 0 spiro atoms. The van der Waals surface area contributed by atoms with Gasteiger partial charge in [-0.1, -0.05) is 37.6 Å². The van der Waals surface area contributed by atoms with E-state index >= 15 is 0 Å². The van der Waals surface area contributed by atoms with Crippen LogP contribution in [0.5, 0.6) is 11.5 Å². The molecule has 0 unspecified atom stereocenters. The van der Waals surface area contributed by atoms with E-state index in [9.17, 15) is 9.59 Å². The van der Waals surface area contributed by atoms with Crippen molar-refractivity contribution < 1.29 is 19.1 Å². The Morgan fingerprint density at radius 1 is 0.933 bits per heavy atom. The minimum Gasteiger partial charge on any atom is -0.493 e. The van der Waals surface area contributed by atoms with E-state index in [1.165, 1.54) is 4.90 Å². The van der Waals surface area contributed by atoms with Crippen LogP contribution in [0.25, 0.3) is 5.57 Å². The first-order valence-corrected chi connectivity index (χ1v) is 9.94. The largest absolute Gasteiger partial charge is 0.493 e. The van der Waals surface area contributed by atoms with Crippen LogP contribution in [0.3, 0.4) is 0 Å². The molecule has 2 aromatic carbocycles. The number of hydrogen-bond acceptors (Lipinski definition) is 5. The molecule has 0 saturated carbocycles. The number of amides is 2. The van der Waals surface area contributed by atoms with Crippen molar-refractivity contribution in [3.05, 3.63) is 58.8 Å². The number of ether oxygens (including phenoxy) is 2. The number of aryl methyl sites for hydroxylation is 2. The summed E-state index contributed by atoms with van der Waals surface area (Å²) in [6.07, 6.45) is 0. The second kappa shape index (κ2) is 8.61. The molecule has 0 fully saturated rings. The monoisotopic (exact) mass is 408 g/mol. The fourth-order valence-corrected chi connectivity index (χ4v) is 3.63. The zero-order valence-electron chi connectivity index (χ0n) is 18.3. The first kappa shape index (κ1) is 21.4. The van der Waals surface area contributed by atoms with Gasteiger partial charge in [-0.15, -0.1) is 0 Å². The van der Waals surface area contributed by atoms with Crippen molar-refractivity contribution in [3.8, 4) is 11.5 Å². The molecule has 2 aromatic rings. The summed E-state index contributed by atoms with van der Waals surface area (Å²) in [7, 11) is 3.12. The van der Waals surface area contributed by atoms with Crippen LogP contribution in [0.1, 0.15) is 30.5 Å². The Hall–Kier alpha value is -3.28. The summed E-state index contributed by atoms with van der Waals surface area (Å²) in [5.41, 5.74) is 4.12. The van der Waals surface area contributed by atoms with Crippen LogP contribution in [0.15, 0.2) is 42.1 Å². The first-order valence-electron chi connectivity index (χ1n) is 9.94. The highest BCUT2D eigenvalue weighted by atomic mass is 16.5. The number of nitrogens with zero attached hydrogens (tertiary/aromatic N) is 1. The van der Waals surface area contributed by atoms with Gasteiger partial charge in [0.1, 0.15) is 5.70 Å². The van der Waals surface area contributed by atoms with Crippen LogP contribution in [0, 0.1) is 19.8 Å². The predicted molar refractivity (Wildman–Crippen MR) is 118 cm³/mol. The molecule has 0 aromatic heterocycles. The maximum Gasteiger partial charge on any atom is 0.278 e. The number of imide groups is 1. The Balaban J connectivity index is 2.10. The van der Waals surface area contributed by atoms with E-state index in [-0.39, 0.29) is 23.4 Å². The molecule has 0 saturated heterocycles. The molecule has 1 N–H and O–H groups in total. The normalized spacial score (nSPS) is 14.0. The molecule has 0 aliphatic carbocycles. The lowest BCUT2D eigenvalue weighted by Crippen LogP contribution is -2.35. The van der Waals surface area contributed by atoms with E-state index in [1.54, 1.807) is 32.4 Å². The summed E-state index contributed by atoms with van der Waals surface area (Å²) in [6, 6.07) is 11.2. The van der Waals surface area contributed by atoms with Gasteiger partial charge in [0.2, 0.25) is 0 Å². The van der Waals surface area contributed by atoms with Gasteiger partial charge in [0.15, 0.2) is 11.5 Å². The van der Waals surface area contributed by atoms with E-state index < -0.39 is 0 Å². The van der Waals surface area contributed by atoms with Gasteiger partial charge in [-0.05, 0) is 43.0 Å². The van der Waals surface area contributed by atoms with Gasteiger partial charge in [0, 0.05) is 18.3 Å². The summed E-state index contributed by atoms with van der Waals surface area (Å²) in [4.78, 5) is 27.8. The molecule has 1 aliphatic rings. The van der Waals surface area contributed by atoms with Crippen LogP contribution in [-0.2, 0) is 9.59 Å². The van der Waals surface area contributed by atoms with Crippen LogP contribution in [-0.4, -0.2) is 37.5 Å². The van der Waals surface area contributed by atoms with Crippen molar-refractivity contribution in [3.63, 3.8) is 0 Å². The molecule has 1 aliphatic heterocycles. The van der Waals surface area contributed by atoms with Crippen molar-refractivity contribution in [1.82, 2.24) is 4.90 Å². The highest BCUT2D eigenvalue weighted by Gasteiger charge is 2.39. The standard InChI is InChI=1S/C24H28N2O4/c1-14(2)13-26-23(27)21(18-9-7-15(3)11-16(18)4)22(24(26)28)25-17-8-10-19(29-5)20(12-17)30-6/h7-12,14,25H,13H2,1-6H3. The molecule has 30 heavy (non-hydrogen) atoms. The van der Waals surface area contributed by atoms with Crippen LogP contribution in [0.4, 0.5) is 5.69 Å². The fraction of sp³-hybridized carbons (Fsp3) is 0.333. The third-order valence-corrected chi connectivity index (χ3v) is 5.02. The smallest absolute Gasteiger partial charge is 0.278 e. The van der Waals surface area contributed by atoms with Gasteiger partial charge in [-0.2, -0.15) is 0 Å². The van der Waals surface area contributed by atoms with Crippen molar-refractivity contribution >= 4 is 23.1 Å². The minimum atomic E-state index is -0.321. The average molecular weight is 408 g/mol. The lowest BCUT2D eigenvalue weighted by Gasteiger charge is -2.17. The third-order valence-electron chi connectivity index (χ3n) is 5.02. The quantitative estimate of drug-likeness (QED) is 0.697. The van der Waals surface area contributed by atoms with Gasteiger partial charge in [0.25, 0.3) is 11.8 Å². The molecule has 1 heterocycles. The van der Waals surface area contributed by atoms with Gasteiger partial charge in [-0.25, -0.2) is 0 Å². The molecule has 6 nitrogen and oxygen atoms in total. The number of nitrogens with one attached hydrogen (secondary N) is 1. The fourth-order valence-electron chi connectivity index (χ4n) is 3.63. The Labute approximate surface area is 177 Å². The molecule has 3 rings (SSSR count). The van der Waals surface area contributed by atoms with Gasteiger partial charge < -0.3 is 14.8 Å². The number of benzene rings is 2. The molecular weight excluding hydrogens is 380 g/mol. The Bertz CT molecular complexity index is 1020. The Kier molecular flexibility index (Phi) is 6.15. The summed E-state index contributed by atoms with van der Waals surface area (Å²) in [6.45, 7) is 8.28. The minimum absolute atomic E-state index is 0.165. The first-order chi connectivity index (χ1) is 14.3. The Morgan fingerprint density at radius 2 is 1.63 bits per heavy atom. The second-order valence-corrected chi connectivity index (χ2v) is 7.88. The lowest BCUT2D eigenvalue weighted by atomic mass is 9.97. The second-order valence-electron chi connectivity index (χ2n) is 7.88. The number of carbonyl (C=O) groups excluding carboxylic acids is 2. The number of hydrogen-bond donors (Lipinski definition) is 1. The van der Waals surface area contributed by atoms with Crippen LogP contribution in [0.2, 0.25) is 0 Å². The lowest BCUT2D eigenvalue weighted by molar-refractivity contribution is -0.137. The maximum atomic E-state index is 13.3. The molecule has 0 bridgehead atoms. The van der Waals surface area contributed by atoms with Crippen molar-refractivity contribution in [1.29, 1.82) is 0 Å². The van der Waals surface area contributed by atoms with Crippen molar-refractivity contribution in [2.24, 2.45) is 5.92 Å². The van der Waals surface area contributed by atoms with Crippen LogP contribution >= 0.6 is 0 Å². The van der Waals surface area contributed by atoms with Gasteiger partial charge in [0.05, 0.1) is 19.8 Å². The molecule has 0 atom stereocenters. The SMILES string of the molecule is COc1ccc(NC2=C(c3ccc(C)cc3C)C(=O)N(CC(C)C)C2=O)cc1OC. The highest BCUT2D eigenvalue weighted by molar-refractivity contribution is 6.36. The molecule has 158 valence electrons. The average Bonchev–Trinajstić information content (AvgIpc) is 2.92. The van der Waals surface area contributed by atoms with Gasteiger partial charge >= 0.3 is 0 Å². The highest BCUT2D eigenvalue weighted by Crippen LogP contribution is 2.35.